The summed E-state index contributed by atoms with van der Waals surface area (Å²) in [5.41, 5.74) is 2.74. The summed E-state index contributed by atoms with van der Waals surface area (Å²) in [6, 6.07) is 8.71. The molecule has 0 aliphatic rings. The highest BCUT2D eigenvalue weighted by atomic mass is 35.5. The fraction of sp³-hybridized carbons (Fsp3) is 0.739. The monoisotopic (exact) mass is 350 g/mol. The average molecular weight is 351 g/mol. The molecule has 0 saturated carbocycles. The Hall–Kier alpha value is -0.490. The first kappa shape index (κ1) is 21.6. The van der Waals surface area contributed by atoms with E-state index in [1.165, 1.54) is 81.8 Å². The first-order valence-electron chi connectivity index (χ1n) is 10.2. The predicted octanol–water partition coefficient (Wildman–Crippen LogP) is 8.58. The SMILES string of the molecule is CCCCCCCCCCCCC(C)c1ccccc1C(C)(C)Cl. The molecule has 0 aromatic heterocycles. The van der Waals surface area contributed by atoms with Crippen molar-refractivity contribution in [1.82, 2.24) is 0 Å². The van der Waals surface area contributed by atoms with Gasteiger partial charge < -0.3 is 0 Å². The third kappa shape index (κ3) is 8.56. The Balaban J connectivity index is 2.20. The van der Waals surface area contributed by atoms with Crippen LogP contribution in [0.2, 0.25) is 0 Å². The molecular weight excluding hydrogens is 312 g/mol. The van der Waals surface area contributed by atoms with Crippen LogP contribution in [0.5, 0.6) is 0 Å². The smallest absolute Gasteiger partial charge is 0.0641 e. The number of hydrogen-bond acceptors (Lipinski definition) is 0. The van der Waals surface area contributed by atoms with Gasteiger partial charge in [-0.2, -0.15) is 0 Å². The van der Waals surface area contributed by atoms with Gasteiger partial charge in [-0.15, -0.1) is 11.6 Å². The third-order valence-corrected chi connectivity index (χ3v) is 5.33. The summed E-state index contributed by atoms with van der Waals surface area (Å²) in [6.07, 6.45) is 15.3. The normalized spacial score (nSPS) is 13.2. The molecule has 0 aliphatic carbocycles. The van der Waals surface area contributed by atoms with Crippen LogP contribution in [0.4, 0.5) is 0 Å². The van der Waals surface area contributed by atoms with Crippen molar-refractivity contribution in [3.8, 4) is 0 Å². The lowest BCUT2D eigenvalue weighted by Gasteiger charge is -2.24. The minimum absolute atomic E-state index is 0.275. The predicted molar refractivity (Wildman–Crippen MR) is 110 cm³/mol. The molecule has 138 valence electrons. The van der Waals surface area contributed by atoms with E-state index in [2.05, 4.69) is 52.0 Å². The van der Waals surface area contributed by atoms with Crippen LogP contribution in [0, 0.1) is 0 Å². The van der Waals surface area contributed by atoms with Crippen molar-refractivity contribution >= 4 is 11.6 Å². The van der Waals surface area contributed by atoms with Crippen molar-refractivity contribution in [2.45, 2.75) is 109 Å². The summed E-state index contributed by atoms with van der Waals surface area (Å²) in [5.74, 6) is 0.605. The summed E-state index contributed by atoms with van der Waals surface area (Å²) >= 11 is 6.57. The number of unbranched alkanes of at least 4 members (excludes halogenated alkanes) is 9. The number of rotatable bonds is 13. The minimum atomic E-state index is -0.275. The number of hydrogen-bond donors (Lipinski definition) is 0. The molecular formula is C23H39Cl. The largest absolute Gasteiger partial charge is 0.115 e. The van der Waals surface area contributed by atoms with Crippen LogP contribution in [0.15, 0.2) is 24.3 Å². The summed E-state index contributed by atoms with van der Waals surface area (Å²) in [6.45, 7) is 8.84. The van der Waals surface area contributed by atoms with E-state index in [1.807, 2.05) is 0 Å². The van der Waals surface area contributed by atoms with Gasteiger partial charge in [0.1, 0.15) is 0 Å². The van der Waals surface area contributed by atoms with Crippen LogP contribution in [0.1, 0.15) is 115 Å². The fourth-order valence-electron chi connectivity index (χ4n) is 3.56. The van der Waals surface area contributed by atoms with E-state index < -0.39 is 0 Å². The van der Waals surface area contributed by atoms with Crippen molar-refractivity contribution in [3.63, 3.8) is 0 Å². The maximum Gasteiger partial charge on any atom is 0.0641 e. The van der Waals surface area contributed by atoms with E-state index in [0.717, 1.165) is 0 Å². The molecule has 0 bridgehead atoms. The van der Waals surface area contributed by atoms with Crippen LogP contribution < -0.4 is 0 Å². The van der Waals surface area contributed by atoms with Crippen molar-refractivity contribution in [2.75, 3.05) is 0 Å². The van der Waals surface area contributed by atoms with E-state index in [4.69, 9.17) is 11.6 Å². The molecule has 1 rings (SSSR count). The lowest BCUT2D eigenvalue weighted by molar-refractivity contribution is 0.532. The summed E-state index contributed by atoms with van der Waals surface area (Å²) in [5, 5.41) is 0. The molecule has 1 aromatic rings. The van der Waals surface area contributed by atoms with Crippen LogP contribution in [0.3, 0.4) is 0 Å². The Labute approximate surface area is 156 Å². The van der Waals surface area contributed by atoms with Crippen LogP contribution in [-0.4, -0.2) is 0 Å². The van der Waals surface area contributed by atoms with Gasteiger partial charge in [-0.1, -0.05) is 102 Å². The highest BCUT2D eigenvalue weighted by Gasteiger charge is 2.22. The second-order valence-corrected chi connectivity index (χ2v) is 8.88. The standard InChI is InChI=1S/C23H39Cl/c1-5-6-7-8-9-10-11-12-13-14-17-20(2)21-18-15-16-19-22(21)23(3,4)24/h15-16,18-20H,5-14,17H2,1-4H3. The molecule has 0 N–H and O–H groups in total. The molecule has 0 aliphatic heterocycles. The first-order chi connectivity index (χ1) is 11.5. The van der Waals surface area contributed by atoms with Gasteiger partial charge in [0.25, 0.3) is 0 Å². The lowest BCUT2D eigenvalue weighted by Crippen LogP contribution is -2.12. The van der Waals surface area contributed by atoms with E-state index in [1.54, 1.807) is 0 Å². The second kappa shape index (κ2) is 12.0. The molecule has 1 unspecified atom stereocenters. The molecule has 0 heterocycles. The Morgan fingerprint density at radius 3 is 1.88 bits per heavy atom. The summed E-state index contributed by atoms with van der Waals surface area (Å²) in [7, 11) is 0. The first-order valence-corrected chi connectivity index (χ1v) is 10.6. The maximum atomic E-state index is 6.57. The van der Waals surface area contributed by atoms with Gasteiger partial charge in [0.2, 0.25) is 0 Å². The quantitative estimate of drug-likeness (QED) is 0.247. The van der Waals surface area contributed by atoms with Crippen LogP contribution in [0.25, 0.3) is 0 Å². The van der Waals surface area contributed by atoms with Gasteiger partial charge >= 0.3 is 0 Å². The second-order valence-electron chi connectivity index (χ2n) is 7.93. The average Bonchev–Trinajstić information content (AvgIpc) is 2.55. The molecule has 24 heavy (non-hydrogen) atoms. The topological polar surface area (TPSA) is 0 Å². The Morgan fingerprint density at radius 2 is 1.33 bits per heavy atom. The summed E-state index contributed by atoms with van der Waals surface area (Å²) < 4.78 is 0. The van der Waals surface area contributed by atoms with Crippen molar-refractivity contribution in [3.05, 3.63) is 35.4 Å². The zero-order valence-electron chi connectivity index (χ0n) is 16.5. The highest BCUT2D eigenvalue weighted by Crippen LogP contribution is 2.35. The molecule has 0 amide bonds. The zero-order valence-corrected chi connectivity index (χ0v) is 17.3. The molecule has 0 fully saturated rings. The third-order valence-electron chi connectivity index (χ3n) is 5.12. The van der Waals surface area contributed by atoms with Gasteiger partial charge in [0.15, 0.2) is 0 Å². The molecule has 0 nitrogen and oxygen atoms in total. The van der Waals surface area contributed by atoms with Crippen LogP contribution in [-0.2, 0) is 4.87 Å². The van der Waals surface area contributed by atoms with Crippen LogP contribution >= 0.6 is 11.6 Å². The maximum absolute atomic E-state index is 6.57. The molecule has 1 aromatic carbocycles. The van der Waals surface area contributed by atoms with E-state index in [0.29, 0.717) is 5.92 Å². The van der Waals surface area contributed by atoms with Gasteiger partial charge in [-0.25, -0.2) is 0 Å². The van der Waals surface area contributed by atoms with Crippen molar-refractivity contribution in [1.29, 1.82) is 0 Å². The number of benzene rings is 1. The molecule has 0 spiro atoms. The van der Waals surface area contributed by atoms with Gasteiger partial charge in [-0.3, -0.25) is 0 Å². The zero-order chi connectivity index (χ0) is 17.8. The Morgan fingerprint density at radius 1 is 0.833 bits per heavy atom. The highest BCUT2D eigenvalue weighted by molar-refractivity contribution is 6.23. The Kier molecular flexibility index (Phi) is 10.7. The molecule has 0 radical (unpaired) electrons. The van der Waals surface area contributed by atoms with E-state index in [9.17, 15) is 0 Å². The Bertz CT molecular complexity index is 430. The minimum Gasteiger partial charge on any atom is -0.115 e. The van der Waals surface area contributed by atoms with Crippen molar-refractivity contribution < 1.29 is 0 Å². The number of halogens is 1. The van der Waals surface area contributed by atoms with E-state index >= 15 is 0 Å². The van der Waals surface area contributed by atoms with Gasteiger partial charge in [0.05, 0.1) is 4.87 Å². The fourth-order valence-corrected chi connectivity index (χ4v) is 3.73. The molecule has 1 atom stereocenters. The van der Waals surface area contributed by atoms with E-state index in [-0.39, 0.29) is 4.87 Å². The summed E-state index contributed by atoms with van der Waals surface area (Å²) in [4.78, 5) is -0.275. The molecule has 0 saturated heterocycles. The van der Waals surface area contributed by atoms with Crippen molar-refractivity contribution in [2.24, 2.45) is 0 Å². The van der Waals surface area contributed by atoms with Gasteiger partial charge in [0, 0.05) is 0 Å². The van der Waals surface area contributed by atoms with Gasteiger partial charge in [-0.05, 0) is 37.3 Å². The lowest BCUT2D eigenvalue weighted by atomic mass is 9.86. The molecule has 1 heteroatoms. The number of alkyl halides is 1.